The van der Waals surface area contributed by atoms with E-state index in [1.807, 2.05) is 31.2 Å². The molecule has 0 bridgehead atoms. The van der Waals surface area contributed by atoms with Gasteiger partial charge in [-0.2, -0.15) is 0 Å². The van der Waals surface area contributed by atoms with E-state index in [9.17, 15) is 4.39 Å². The molecule has 0 unspecified atom stereocenters. The van der Waals surface area contributed by atoms with Crippen molar-refractivity contribution in [3.05, 3.63) is 52.8 Å². The topological polar surface area (TPSA) is 26.0 Å². The molecule has 1 nitrogen and oxygen atoms in total. The first-order valence-electron chi connectivity index (χ1n) is 4.89. The van der Waals surface area contributed by atoms with Crippen LogP contribution in [-0.4, -0.2) is 0 Å². The second-order valence-corrected chi connectivity index (χ2v) is 4.14. The van der Waals surface area contributed by atoms with E-state index >= 15 is 0 Å². The zero-order chi connectivity index (χ0) is 11.7. The van der Waals surface area contributed by atoms with Crippen LogP contribution in [0.2, 0.25) is 5.02 Å². The van der Waals surface area contributed by atoms with Crippen molar-refractivity contribution in [1.82, 2.24) is 0 Å². The van der Waals surface area contributed by atoms with Gasteiger partial charge in [0.1, 0.15) is 5.82 Å². The van der Waals surface area contributed by atoms with Gasteiger partial charge in [-0.1, -0.05) is 41.4 Å². The van der Waals surface area contributed by atoms with Crippen molar-refractivity contribution < 1.29 is 4.39 Å². The van der Waals surface area contributed by atoms with Gasteiger partial charge in [0, 0.05) is 11.3 Å². The summed E-state index contributed by atoms with van der Waals surface area (Å²) in [6, 6.07) is 10.6. The van der Waals surface area contributed by atoms with Crippen molar-refractivity contribution >= 4 is 17.3 Å². The third-order valence-corrected chi connectivity index (χ3v) is 2.65. The number of hydrogen-bond acceptors (Lipinski definition) is 1. The Morgan fingerprint density at radius 3 is 2.62 bits per heavy atom. The number of aryl methyl sites for hydroxylation is 1. The number of nitrogens with two attached hydrogens (primary N) is 1. The molecule has 3 heteroatoms. The minimum atomic E-state index is -0.429. The molecule has 2 aromatic rings. The lowest BCUT2D eigenvalue weighted by Crippen LogP contribution is -1.91. The maximum atomic E-state index is 13.8. The molecule has 16 heavy (non-hydrogen) atoms. The number of halogens is 2. The summed E-state index contributed by atoms with van der Waals surface area (Å²) in [5, 5.41) is 0.0523. The fourth-order valence-corrected chi connectivity index (χ4v) is 1.86. The summed E-state index contributed by atoms with van der Waals surface area (Å²) in [5.74, 6) is -0.429. The molecule has 0 radical (unpaired) electrons. The Morgan fingerprint density at radius 1 is 1.19 bits per heavy atom. The Kier molecular flexibility index (Phi) is 2.84. The first-order valence-corrected chi connectivity index (χ1v) is 5.27. The number of hydrogen-bond donors (Lipinski definition) is 1. The van der Waals surface area contributed by atoms with Gasteiger partial charge in [0.05, 0.1) is 5.02 Å². The van der Waals surface area contributed by atoms with Crippen LogP contribution in [0.15, 0.2) is 36.4 Å². The molecule has 0 saturated heterocycles. The Hall–Kier alpha value is -1.54. The summed E-state index contributed by atoms with van der Waals surface area (Å²) < 4.78 is 13.8. The molecule has 0 heterocycles. The second-order valence-electron chi connectivity index (χ2n) is 3.73. The molecule has 0 aliphatic heterocycles. The maximum absolute atomic E-state index is 13.8. The summed E-state index contributed by atoms with van der Waals surface area (Å²) in [4.78, 5) is 0. The second kappa shape index (κ2) is 4.14. The average molecular weight is 236 g/mol. The molecule has 2 aromatic carbocycles. The van der Waals surface area contributed by atoms with Gasteiger partial charge in [-0.05, 0) is 24.6 Å². The first-order chi connectivity index (χ1) is 7.58. The van der Waals surface area contributed by atoms with Crippen LogP contribution in [0.25, 0.3) is 11.1 Å². The van der Waals surface area contributed by atoms with Crippen LogP contribution in [0, 0.1) is 12.7 Å². The van der Waals surface area contributed by atoms with Crippen LogP contribution in [0.4, 0.5) is 10.1 Å². The Balaban J connectivity index is 2.64. The van der Waals surface area contributed by atoms with Gasteiger partial charge < -0.3 is 5.73 Å². The summed E-state index contributed by atoms with van der Waals surface area (Å²) in [6.07, 6.45) is 0. The van der Waals surface area contributed by atoms with Crippen molar-refractivity contribution in [2.75, 3.05) is 5.73 Å². The zero-order valence-electron chi connectivity index (χ0n) is 8.80. The number of rotatable bonds is 1. The Bertz CT molecular complexity index is 537. The molecule has 0 aromatic heterocycles. The third-order valence-electron chi connectivity index (χ3n) is 2.38. The zero-order valence-corrected chi connectivity index (χ0v) is 9.55. The van der Waals surface area contributed by atoms with E-state index in [2.05, 4.69) is 0 Å². The lowest BCUT2D eigenvalue weighted by molar-refractivity contribution is 0.632. The molecular formula is C13H11ClFN. The monoisotopic (exact) mass is 235 g/mol. The lowest BCUT2D eigenvalue weighted by atomic mass is 10.0. The van der Waals surface area contributed by atoms with Gasteiger partial charge in [-0.3, -0.25) is 0 Å². The SMILES string of the molecule is Cc1cccc(-c2cc(N)cc(Cl)c2F)c1. The van der Waals surface area contributed by atoms with Crippen molar-refractivity contribution in [1.29, 1.82) is 0 Å². The van der Waals surface area contributed by atoms with Gasteiger partial charge >= 0.3 is 0 Å². The highest BCUT2D eigenvalue weighted by molar-refractivity contribution is 6.31. The molecule has 0 fully saturated rings. The average Bonchev–Trinajstić information content (AvgIpc) is 2.23. The highest BCUT2D eigenvalue weighted by Gasteiger charge is 2.10. The van der Waals surface area contributed by atoms with Crippen LogP contribution in [-0.2, 0) is 0 Å². The fourth-order valence-electron chi connectivity index (χ4n) is 1.63. The normalized spacial score (nSPS) is 10.4. The molecule has 82 valence electrons. The first kappa shape index (κ1) is 11.0. The van der Waals surface area contributed by atoms with Crippen LogP contribution in [0.5, 0.6) is 0 Å². The number of benzene rings is 2. The predicted octanol–water partition coefficient (Wildman–Crippen LogP) is 4.04. The van der Waals surface area contributed by atoms with E-state index in [4.69, 9.17) is 17.3 Å². The summed E-state index contributed by atoms with van der Waals surface area (Å²) in [6.45, 7) is 1.95. The summed E-state index contributed by atoms with van der Waals surface area (Å²) in [5.41, 5.74) is 8.40. The minimum Gasteiger partial charge on any atom is -0.399 e. The maximum Gasteiger partial charge on any atom is 0.149 e. The van der Waals surface area contributed by atoms with Crippen LogP contribution < -0.4 is 5.73 Å². The number of nitrogen functional groups attached to an aromatic ring is 1. The molecular weight excluding hydrogens is 225 g/mol. The van der Waals surface area contributed by atoms with E-state index in [0.29, 0.717) is 11.3 Å². The molecule has 0 aliphatic carbocycles. The van der Waals surface area contributed by atoms with Crippen molar-refractivity contribution in [3.63, 3.8) is 0 Å². The highest BCUT2D eigenvalue weighted by Crippen LogP contribution is 2.30. The quantitative estimate of drug-likeness (QED) is 0.742. The largest absolute Gasteiger partial charge is 0.399 e. The summed E-state index contributed by atoms with van der Waals surface area (Å²) >= 11 is 5.75. The van der Waals surface area contributed by atoms with E-state index in [-0.39, 0.29) is 5.02 Å². The minimum absolute atomic E-state index is 0.0523. The van der Waals surface area contributed by atoms with Crippen molar-refractivity contribution in [2.45, 2.75) is 6.92 Å². The van der Waals surface area contributed by atoms with Gasteiger partial charge in [-0.25, -0.2) is 4.39 Å². The molecule has 0 spiro atoms. The van der Waals surface area contributed by atoms with Crippen LogP contribution in [0.3, 0.4) is 0 Å². The smallest absolute Gasteiger partial charge is 0.149 e. The standard InChI is InChI=1S/C13H11ClFN/c1-8-3-2-4-9(5-8)11-6-10(16)7-12(14)13(11)15/h2-7H,16H2,1H3. The molecule has 2 N–H and O–H groups in total. The number of anilines is 1. The Labute approximate surface area is 98.7 Å². The fraction of sp³-hybridized carbons (Fsp3) is 0.0769. The van der Waals surface area contributed by atoms with E-state index in [1.165, 1.54) is 6.07 Å². The lowest BCUT2D eigenvalue weighted by Gasteiger charge is -2.07. The molecule has 0 aliphatic rings. The summed E-state index contributed by atoms with van der Waals surface area (Å²) in [7, 11) is 0. The van der Waals surface area contributed by atoms with Gasteiger partial charge in [-0.15, -0.1) is 0 Å². The van der Waals surface area contributed by atoms with Crippen LogP contribution in [0.1, 0.15) is 5.56 Å². The molecule has 0 saturated carbocycles. The van der Waals surface area contributed by atoms with Crippen LogP contribution >= 0.6 is 11.6 Å². The van der Waals surface area contributed by atoms with Gasteiger partial charge in [0.25, 0.3) is 0 Å². The van der Waals surface area contributed by atoms with E-state index in [0.717, 1.165) is 11.1 Å². The highest BCUT2D eigenvalue weighted by atomic mass is 35.5. The van der Waals surface area contributed by atoms with Crippen molar-refractivity contribution in [3.8, 4) is 11.1 Å². The molecule has 0 amide bonds. The van der Waals surface area contributed by atoms with E-state index in [1.54, 1.807) is 6.07 Å². The molecule has 2 rings (SSSR count). The molecule has 0 atom stereocenters. The Morgan fingerprint density at radius 2 is 1.94 bits per heavy atom. The van der Waals surface area contributed by atoms with E-state index < -0.39 is 5.82 Å². The van der Waals surface area contributed by atoms with Gasteiger partial charge in [0.2, 0.25) is 0 Å². The van der Waals surface area contributed by atoms with Gasteiger partial charge in [0.15, 0.2) is 0 Å². The van der Waals surface area contributed by atoms with Crippen molar-refractivity contribution in [2.24, 2.45) is 0 Å². The predicted molar refractivity (Wildman–Crippen MR) is 66.0 cm³/mol. The third kappa shape index (κ3) is 2.02.